The monoisotopic (exact) mass is 360 g/mol. The van der Waals surface area contributed by atoms with E-state index in [9.17, 15) is 4.79 Å². The van der Waals surface area contributed by atoms with Crippen molar-refractivity contribution in [3.05, 3.63) is 77.2 Å². The highest BCUT2D eigenvalue weighted by atomic mass is 16.1. The minimum Gasteiger partial charge on any atom is -0.327 e. The topological polar surface area (TPSA) is 58.1 Å². The zero-order valence-electron chi connectivity index (χ0n) is 16.2. The van der Waals surface area contributed by atoms with Gasteiger partial charge < -0.3 is 10.2 Å². The maximum atomic E-state index is 12.8. The average molecular weight is 360 g/mol. The van der Waals surface area contributed by atoms with Crippen LogP contribution >= 0.6 is 0 Å². The highest BCUT2D eigenvalue weighted by molar-refractivity contribution is 6.03. The van der Waals surface area contributed by atoms with Gasteiger partial charge in [0, 0.05) is 24.0 Å². The summed E-state index contributed by atoms with van der Waals surface area (Å²) in [6, 6.07) is 17.7. The van der Waals surface area contributed by atoms with E-state index in [2.05, 4.69) is 27.1 Å². The molecule has 0 unspecified atom stereocenters. The van der Waals surface area contributed by atoms with Gasteiger partial charge in [0.2, 0.25) is 0 Å². The minimum atomic E-state index is -0.238. The van der Waals surface area contributed by atoms with Crippen LogP contribution in [0.3, 0.4) is 0 Å². The van der Waals surface area contributed by atoms with E-state index < -0.39 is 0 Å². The fourth-order valence-corrected chi connectivity index (χ4v) is 3.03. The van der Waals surface area contributed by atoms with Crippen molar-refractivity contribution in [2.45, 2.75) is 27.7 Å². The molecule has 3 rings (SSSR count). The minimum absolute atomic E-state index is 0.238. The molecule has 5 heteroatoms. The van der Waals surface area contributed by atoms with E-state index in [1.54, 1.807) is 13.0 Å². The van der Waals surface area contributed by atoms with Gasteiger partial charge in [0.25, 0.3) is 5.91 Å². The summed E-state index contributed by atoms with van der Waals surface area (Å²) in [5.74, 6) is 1.03. The standard InChI is InChI=1S/C22H24N4O/c1-5-26(18-9-7-6-8-10-18)21-14-20(23-17(4)24-21)22(27)25-19-12-11-15(2)13-16(19)3/h6-14H,5H2,1-4H3,(H,25,27). The van der Waals surface area contributed by atoms with E-state index in [1.807, 2.05) is 62.4 Å². The van der Waals surface area contributed by atoms with Crippen molar-refractivity contribution >= 4 is 23.1 Å². The van der Waals surface area contributed by atoms with Gasteiger partial charge in [-0.1, -0.05) is 35.9 Å². The van der Waals surface area contributed by atoms with Crippen molar-refractivity contribution in [1.82, 2.24) is 9.97 Å². The van der Waals surface area contributed by atoms with Gasteiger partial charge in [-0.05, 0) is 51.5 Å². The van der Waals surface area contributed by atoms with Crippen molar-refractivity contribution in [2.75, 3.05) is 16.8 Å². The molecule has 0 radical (unpaired) electrons. The highest BCUT2D eigenvalue weighted by Gasteiger charge is 2.16. The van der Waals surface area contributed by atoms with E-state index in [4.69, 9.17) is 0 Å². The number of para-hydroxylation sites is 1. The first kappa shape index (κ1) is 18.6. The van der Waals surface area contributed by atoms with Gasteiger partial charge in [-0.25, -0.2) is 9.97 Å². The van der Waals surface area contributed by atoms with Crippen molar-refractivity contribution in [2.24, 2.45) is 0 Å². The summed E-state index contributed by atoms with van der Waals surface area (Å²) in [7, 11) is 0. The van der Waals surface area contributed by atoms with Crippen LogP contribution in [0.15, 0.2) is 54.6 Å². The molecule has 0 aliphatic heterocycles. The van der Waals surface area contributed by atoms with E-state index in [-0.39, 0.29) is 5.91 Å². The van der Waals surface area contributed by atoms with Crippen molar-refractivity contribution in [3.8, 4) is 0 Å². The van der Waals surface area contributed by atoms with Crippen LogP contribution in [0.2, 0.25) is 0 Å². The lowest BCUT2D eigenvalue weighted by atomic mass is 10.1. The van der Waals surface area contributed by atoms with Crippen molar-refractivity contribution in [3.63, 3.8) is 0 Å². The zero-order chi connectivity index (χ0) is 19.4. The average Bonchev–Trinajstić information content (AvgIpc) is 2.65. The Balaban J connectivity index is 1.91. The predicted molar refractivity (Wildman–Crippen MR) is 110 cm³/mol. The van der Waals surface area contributed by atoms with Crippen LogP contribution in [0.5, 0.6) is 0 Å². The summed E-state index contributed by atoms with van der Waals surface area (Å²) in [4.78, 5) is 23.7. The number of benzene rings is 2. The summed E-state index contributed by atoms with van der Waals surface area (Å²) < 4.78 is 0. The number of hydrogen-bond acceptors (Lipinski definition) is 4. The SMILES string of the molecule is CCN(c1ccccc1)c1cc(C(=O)Nc2ccc(C)cc2C)nc(C)n1. The molecule has 1 heterocycles. The molecular weight excluding hydrogens is 336 g/mol. The summed E-state index contributed by atoms with van der Waals surface area (Å²) in [5.41, 5.74) is 4.35. The smallest absolute Gasteiger partial charge is 0.274 e. The number of nitrogens with zero attached hydrogens (tertiary/aromatic N) is 3. The van der Waals surface area contributed by atoms with Gasteiger partial charge in [0.15, 0.2) is 0 Å². The largest absolute Gasteiger partial charge is 0.327 e. The predicted octanol–water partition coefficient (Wildman–Crippen LogP) is 4.81. The molecule has 5 nitrogen and oxygen atoms in total. The molecule has 27 heavy (non-hydrogen) atoms. The second-order valence-corrected chi connectivity index (χ2v) is 6.51. The summed E-state index contributed by atoms with van der Waals surface area (Å²) >= 11 is 0. The maximum absolute atomic E-state index is 12.8. The molecule has 0 aliphatic rings. The summed E-state index contributed by atoms with van der Waals surface area (Å²) in [5, 5.41) is 2.96. The summed E-state index contributed by atoms with van der Waals surface area (Å²) in [6.45, 7) is 8.60. The molecule has 1 amide bonds. The van der Waals surface area contributed by atoms with E-state index in [0.717, 1.165) is 29.0 Å². The summed E-state index contributed by atoms with van der Waals surface area (Å²) in [6.07, 6.45) is 0. The number of nitrogens with one attached hydrogen (secondary N) is 1. The lowest BCUT2D eigenvalue weighted by Crippen LogP contribution is -2.21. The molecule has 0 spiro atoms. The van der Waals surface area contributed by atoms with Crippen LogP contribution in [0.4, 0.5) is 17.2 Å². The van der Waals surface area contributed by atoms with Crippen LogP contribution in [0.25, 0.3) is 0 Å². The zero-order valence-corrected chi connectivity index (χ0v) is 16.2. The van der Waals surface area contributed by atoms with E-state index in [0.29, 0.717) is 17.3 Å². The quantitative estimate of drug-likeness (QED) is 0.709. The molecule has 2 aromatic carbocycles. The van der Waals surface area contributed by atoms with Gasteiger partial charge in [0.1, 0.15) is 17.3 Å². The van der Waals surface area contributed by atoms with E-state index in [1.165, 1.54) is 0 Å². The lowest BCUT2D eigenvalue weighted by Gasteiger charge is -2.22. The van der Waals surface area contributed by atoms with Crippen molar-refractivity contribution in [1.29, 1.82) is 0 Å². The van der Waals surface area contributed by atoms with Crippen LogP contribution in [0, 0.1) is 20.8 Å². The Morgan fingerprint density at radius 3 is 2.41 bits per heavy atom. The third-order valence-corrected chi connectivity index (χ3v) is 4.35. The second kappa shape index (κ2) is 7.99. The number of carbonyl (C=O) groups is 1. The molecule has 0 atom stereocenters. The number of anilines is 3. The third kappa shape index (κ3) is 4.31. The Morgan fingerprint density at radius 1 is 1.00 bits per heavy atom. The third-order valence-electron chi connectivity index (χ3n) is 4.35. The van der Waals surface area contributed by atoms with Crippen LogP contribution in [-0.2, 0) is 0 Å². The van der Waals surface area contributed by atoms with Gasteiger partial charge >= 0.3 is 0 Å². The molecule has 1 N–H and O–H groups in total. The fraction of sp³-hybridized carbons (Fsp3) is 0.227. The van der Waals surface area contributed by atoms with Gasteiger partial charge in [-0.2, -0.15) is 0 Å². The molecule has 0 fully saturated rings. The lowest BCUT2D eigenvalue weighted by molar-refractivity contribution is 0.102. The number of carbonyl (C=O) groups excluding carboxylic acids is 1. The van der Waals surface area contributed by atoms with Crippen LogP contribution in [-0.4, -0.2) is 22.4 Å². The Bertz CT molecular complexity index is 954. The number of hydrogen-bond donors (Lipinski definition) is 1. The molecule has 0 saturated carbocycles. The van der Waals surface area contributed by atoms with Crippen LogP contribution < -0.4 is 10.2 Å². The molecule has 138 valence electrons. The first-order chi connectivity index (χ1) is 13.0. The highest BCUT2D eigenvalue weighted by Crippen LogP contribution is 2.24. The molecule has 0 bridgehead atoms. The number of rotatable bonds is 5. The first-order valence-corrected chi connectivity index (χ1v) is 9.05. The van der Waals surface area contributed by atoms with Gasteiger partial charge in [0.05, 0.1) is 0 Å². The Labute approximate surface area is 160 Å². The Kier molecular flexibility index (Phi) is 5.50. The normalized spacial score (nSPS) is 10.5. The second-order valence-electron chi connectivity index (χ2n) is 6.51. The fourth-order valence-electron chi connectivity index (χ4n) is 3.03. The van der Waals surface area contributed by atoms with Crippen molar-refractivity contribution < 1.29 is 4.79 Å². The molecule has 3 aromatic rings. The molecule has 0 saturated heterocycles. The maximum Gasteiger partial charge on any atom is 0.274 e. The number of amides is 1. The number of aryl methyl sites for hydroxylation is 3. The Morgan fingerprint density at radius 2 is 1.74 bits per heavy atom. The van der Waals surface area contributed by atoms with Gasteiger partial charge in [-0.3, -0.25) is 4.79 Å². The van der Waals surface area contributed by atoms with E-state index >= 15 is 0 Å². The Hall–Kier alpha value is -3.21. The molecule has 1 aromatic heterocycles. The number of aromatic nitrogens is 2. The molecular formula is C22H24N4O. The van der Waals surface area contributed by atoms with Gasteiger partial charge in [-0.15, -0.1) is 0 Å². The van der Waals surface area contributed by atoms with Crippen LogP contribution in [0.1, 0.15) is 34.4 Å². The first-order valence-electron chi connectivity index (χ1n) is 9.05. The molecule has 0 aliphatic carbocycles.